The Balaban J connectivity index is 2.25. The fraction of sp³-hybridized carbons (Fsp3) is 0.600. The van der Waals surface area contributed by atoms with E-state index in [1.165, 1.54) is 10.4 Å². The maximum atomic E-state index is 12.4. The third kappa shape index (κ3) is 2.91. The van der Waals surface area contributed by atoms with Crippen molar-refractivity contribution < 1.29 is 13.5 Å². The van der Waals surface area contributed by atoms with Crippen LogP contribution in [0.15, 0.2) is 14.1 Å². The molecule has 0 amide bonds. The van der Waals surface area contributed by atoms with E-state index >= 15 is 0 Å². The second-order valence-electron chi connectivity index (χ2n) is 4.24. The average Bonchev–Trinajstić information content (AvgIpc) is 2.70. The van der Waals surface area contributed by atoms with Gasteiger partial charge in [-0.2, -0.15) is 4.31 Å². The minimum absolute atomic E-state index is 0.0287. The van der Waals surface area contributed by atoms with Crippen molar-refractivity contribution in [2.45, 2.75) is 17.1 Å². The molecule has 2 rings (SSSR count). The van der Waals surface area contributed by atoms with Crippen LogP contribution in [0.1, 0.15) is 12.8 Å². The van der Waals surface area contributed by atoms with Crippen LogP contribution in [0.5, 0.6) is 0 Å². The topological polar surface area (TPSA) is 57.6 Å². The maximum absolute atomic E-state index is 12.4. The van der Waals surface area contributed by atoms with Gasteiger partial charge in [0.1, 0.15) is 4.21 Å². The van der Waals surface area contributed by atoms with E-state index in [-0.39, 0.29) is 16.7 Å². The van der Waals surface area contributed by atoms with Gasteiger partial charge in [-0.25, -0.2) is 8.42 Å². The molecule has 8 heteroatoms. The van der Waals surface area contributed by atoms with Crippen molar-refractivity contribution in [3.63, 3.8) is 0 Å². The first-order chi connectivity index (χ1) is 8.45. The van der Waals surface area contributed by atoms with Gasteiger partial charge in [0.25, 0.3) is 10.0 Å². The smallest absolute Gasteiger partial charge is 0.252 e. The lowest BCUT2D eigenvalue weighted by atomic mass is 10.0. The number of thiophene rings is 1. The van der Waals surface area contributed by atoms with E-state index in [0.717, 1.165) is 24.2 Å². The molecule has 1 N–H and O–H groups in total. The molecule has 0 saturated carbocycles. The summed E-state index contributed by atoms with van der Waals surface area (Å²) in [6.45, 7) is 0.916. The van der Waals surface area contributed by atoms with E-state index in [1.807, 2.05) is 0 Å². The summed E-state index contributed by atoms with van der Waals surface area (Å²) in [5.74, 6) is 0.0346. The predicted octanol–water partition coefficient (Wildman–Crippen LogP) is 2.56. The third-order valence-corrected chi connectivity index (χ3v) is 7.75. The number of halogens is 2. The van der Waals surface area contributed by atoms with Crippen LogP contribution in [0.3, 0.4) is 0 Å². The van der Waals surface area contributed by atoms with Crippen LogP contribution < -0.4 is 0 Å². The molecule has 1 unspecified atom stereocenters. The standard InChI is InChI=1S/C10H13BrClNO3S2/c11-10-8(12)4-9(17-10)18(15,16)13-3-1-2-7(5-13)6-14/h4,7,14H,1-3,5-6H2. The predicted molar refractivity (Wildman–Crippen MR) is 75.6 cm³/mol. The summed E-state index contributed by atoms with van der Waals surface area (Å²) in [5.41, 5.74) is 0. The molecular formula is C10H13BrClNO3S2. The van der Waals surface area contributed by atoms with Crippen LogP contribution in [-0.2, 0) is 10.0 Å². The Morgan fingerprint density at radius 2 is 2.33 bits per heavy atom. The molecule has 1 fully saturated rings. The molecule has 1 aliphatic rings. The third-order valence-electron chi connectivity index (χ3n) is 2.96. The molecule has 1 aromatic rings. The number of hydrogen-bond acceptors (Lipinski definition) is 4. The quantitative estimate of drug-likeness (QED) is 0.884. The molecule has 0 radical (unpaired) electrons. The molecule has 0 aromatic carbocycles. The Kier molecular flexibility index (Phi) is 4.72. The first-order valence-electron chi connectivity index (χ1n) is 5.51. The molecule has 18 heavy (non-hydrogen) atoms. The van der Waals surface area contributed by atoms with Gasteiger partial charge in [-0.15, -0.1) is 11.3 Å². The van der Waals surface area contributed by atoms with Gasteiger partial charge in [0, 0.05) is 19.7 Å². The zero-order chi connectivity index (χ0) is 13.3. The van der Waals surface area contributed by atoms with Gasteiger partial charge in [0.15, 0.2) is 0 Å². The summed E-state index contributed by atoms with van der Waals surface area (Å²) < 4.78 is 27.1. The lowest BCUT2D eigenvalue weighted by Gasteiger charge is -2.30. The molecule has 2 heterocycles. The molecule has 102 valence electrons. The molecule has 1 saturated heterocycles. The minimum atomic E-state index is -3.48. The molecule has 1 aromatic heterocycles. The summed E-state index contributed by atoms with van der Waals surface area (Å²) in [7, 11) is -3.48. The molecule has 0 bridgehead atoms. The van der Waals surface area contributed by atoms with E-state index in [4.69, 9.17) is 16.7 Å². The van der Waals surface area contributed by atoms with Crippen LogP contribution in [-0.4, -0.2) is 37.5 Å². The Morgan fingerprint density at radius 3 is 2.89 bits per heavy atom. The first-order valence-corrected chi connectivity index (χ1v) is 8.93. The normalized spacial score (nSPS) is 22.3. The van der Waals surface area contributed by atoms with Crippen molar-refractivity contribution in [1.29, 1.82) is 0 Å². The van der Waals surface area contributed by atoms with E-state index in [2.05, 4.69) is 15.9 Å². The fourth-order valence-electron chi connectivity index (χ4n) is 1.98. The highest BCUT2D eigenvalue weighted by molar-refractivity contribution is 9.11. The molecule has 4 nitrogen and oxygen atoms in total. The maximum Gasteiger partial charge on any atom is 0.252 e. The molecule has 1 aliphatic heterocycles. The van der Waals surface area contributed by atoms with Gasteiger partial charge in [-0.05, 0) is 40.8 Å². The van der Waals surface area contributed by atoms with Crippen molar-refractivity contribution in [2.75, 3.05) is 19.7 Å². The van der Waals surface area contributed by atoms with Crippen LogP contribution in [0.4, 0.5) is 0 Å². The van der Waals surface area contributed by atoms with Crippen molar-refractivity contribution in [1.82, 2.24) is 4.31 Å². The summed E-state index contributed by atoms with van der Waals surface area (Å²) in [5, 5.41) is 9.56. The summed E-state index contributed by atoms with van der Waals surface area (Å²) in [6.07, 6.45) is 1.65. The van der Waals surface area contributed by atoms with Gasteiger partial charge in [-0.1, -0.05) is 11.6 Å². The largest absolute Gasteiger partial charge is 0.396 e. The Morgan fingerprint density at radius 1 is 1.61 bits per heavy atom. The van der Waals surface area contributed by atoms with Crippen LogP contribution >= 0.6 is 38.9 Å². The van der Waals surface area contributed by atoms with E-state index in [0.29, 0.717) is 21.9 Å². The molecular weight excluding hydrogens is 362 g/mol. The van der Waals surface area contributed by atoms with Gasteiger partial charge in [0.05, 0.1) is 8.81 Å². The summed E-state index contributed by atoms with van der Waals surface area (Å²) in [6, 6.07) is 1.47. The highest BCUT2D eigenvalue weighted by Gasteiger charge is 2.31. The van der Waals surface area contributed by atoms with E-state index in [9.17, 15) is 8.42 Å². The Bertz CT molecular complexity index is 512. The number of aliphatic hydroxyl groups excluding tert-OH is 1. The Hall–Kier alpha value is 0.340. The van der Waals surface area contributed by atoms with Gasteiger partial charge < -0.3 is 5.11 Å². The number of sulfonamides is 1. The fourth-order valence-corrected chi connectivity index (χ4v) is 6.08. The summed E-state index contributed by atoms with van der Waals surface area (Å²) >= 11 is 10.2. The number of rotatable bonds is 3. The van der Waals surface area contributed by atoms with E-state index in [1.54, 1.807) is 0 Å². The molecule has 0 aliphatic carbocycles. The van der Waals surface area contributed by atoms with Gasteiger partial charge in [-0.3, -0.25) is 0 Å². The second-order valence-corrected chi connectivity index (χ2v) is 9.18. The van der Waals surface area contributed by atoms with E-state index < -0.39 is 10.0 Å². The zero-order valence-electron chi connectivity index (χ0n) is 9.47. The van der Waals surface area contributed by atoms with Gasteiger partial charge >= 0.3 is 0 Å². The lowest BCUT2D eigenvalue weighted by molar-refractivity contribution is 0.165. The van der Waals surface area contributed by atoms with Crippen molar-refractivity contribution in [3.8, 4) is 0 Å². The molecule has 0 spiro atoms. The lowest BCUT2D eigenvalue weighted by Crippen LogP contribution is -2.40. The van der Waals surface area contributed by atoms with Crippen LogP contribution in [0.25, 0.3) is 0 Å². The van der Waals surface area contributed by atoms with Crippen LogP contribution in [0.2, 0.25) is 5.02 Å². The van der Waals surface area contributed by atoms with Crippen molar-refractivity contribution in [3.05, 3.63) is 14.9 Å². The molecule has 1 atom stereocenters. The van der Waals surface area contributed by atoms with Crippen molar-refractivity contribution in [2.24, 2.45) is 5.92 Å². The highest BCUT2D eigenvalue weighted by atomic mass is 79.9. The number of piperidine rings is 1. The highest BCUT2D eigenvalue weighted by Crippen LogP contribution is 2.36. The number of aliphatic hydroxyl groups is 1. The first kappa shape index (κ1) is 14.7. The van der Waals surface area contributed by atoms with Crippen LogP contribution in [0, 0.1) is 5.92 Å². The average molecular weight is 375 g/mol. The zero-order valence-corrected chi connectivity index (χ0v) is 13.4. The minimum Gasteiger partial charge on any atom is -0.396 e. The number of hydrogen-bond donors (Lipinski definition) is 1. The Labute approximate surface area is 124 Å². The number of nitrogens with zero attached hydrogens (tertiary/aromatic N) is 1. The SMILES string of the molecule is O=S(=O)(c1cc(Cl)c(Br)s1)N1CCCC(CO)C1. The van der Waals surface area contributed by atoms with Gasteiger partial charge in [0.2, 0.25) is 0 Å². The van der Waals surface area contributed by atoms with Crippen molar-refractivity contribution >= 4 is 48.9 Å². The summed E-state index contributed by atoms with van der Waals surface area (Å²) in [4.78, 5) is 0. The monoisotopic (exact) mass is 373 g/mol. The second kappa shape index (κ2) is 5.76.